The van der Waals surface area contributed by atoms with Crippen molar-refractivity contribution in [1.82, 2.24) is 15.1 Å². The largest absolute Gasteiger partial charge is 0.416 e. The Kier molecular flexibility index (Phi) is 7.07. The molecule has 0 fully saturated rings. The van der Waals surface area contributed by atoms with Crippen molar-refractivity contribution in [2.45, 2.75) is 39.4 Å². The van der Waals surface area contributed by atoms with Crippen LogP contribution < -0.4 is 11.1 Å². The van der Waals surface area contributed by atoms with Gasteiger partial charge in [0, 0.05) is 6.54 Å². The monoisotopic (exact) mass is 404 g/mol. The lowest BCUT2D eigenvalue weighted by Gasteiger charge is -2.33. The molecule has 1 aromatic carbocycles. The molecule has 150 valence electrons. The molecule has 2 aromatic rings. The fourth-order valence-corrected chi connectivity index (χ4v) is 2.46. The van der Waals surface area contributed by atoms with Gasteiger partial charge in [-0.05, 0) is 38.0 Å². The number of aromatic nitrogens is 2. The Bertz CT molecular complexity index is 804. The number of amides is 1. The number of nitrogens with one attached hydrogen (secondary N) is 1. The molecule has 27 heavy (non-hydrogen) atoms. The first-order valence-electron chi connectivity index (χ1n) is 8.24. The number of hydrogen-bond donors (Lipinski definition) is 2. The van der Waals surface area contributed by atoms with Gasteiger partial charge in [0.05, 0.1) is 34.2 Å². The van der Waals surface area contributed by atoms with E-state index in [2.05, 4.69) is 10.4 Å². The summed E-state index contributed by atoms with van der Waals surface area (Å²) < 4.78 is 40.1. The van der Waals surface area contributed by atoms with Gasteiger partial charge in [0.2, 0.25) is 0 Å². The maximum absolute atomic E-state index is 12.9. The summed E-state index contributed by atoms with van der Waals surface area (Å²) in [6.07, 6.45) is -3.10. The summed E-state index contributed by atoms with van der Waals surface area (Å²) in [6, 6.07) is 4.81. The van der Waals surface area contributed by atoms with E-state index in [-0.39, 0.29) is 36.5 Å². The van der Waals surface area contributed by atoms with E-state index in [1.807, 2.05) is 20.8 Å². The van der Waals surface area contributed by atoms with Gasteiger partial charge in [-0.25, -0.2) is 4.68 Å². The van der Waals surface area contributed by atoms with Crippen molar-refractivity contribution in [3.05, 3.63) is 47.3 Å². The third-order valence-electron chi connectivity index (χ3n) is 4.77. The first-order valence-corrected chi connectivity index (χ1v) is 8.24. The summed E-state index contributed by atoms with van der Waals surface area (Å²) >= 11 is 0. The first kappa shape index (κ1) is 23.0. The molecule has 0 aliphatic carbocycles. The topological polar surface area (TPSA) is 72.9 Å². The van der Waals surface area contributed by atoms with Crippen LogP contribution in [0.15, 0.2) is 30.5 Å². The maximum atomic E-state index is 12.9. The van der Waals surface area contributed by atoms with Gasteiger partial charge < -0.3 is 11.1 Å². The zero-order valence-corrected chi connectivity index (χ0v) is 16.4. The highest BCUT2D eigenvalue weighted by molar-refractivity contribution is 5.95. The Balaban J connectivity index is 0.00000364. The van der Waals surface area contributed by atoms with Crippen LogP contribution in [0.4, 0.5) is 13.2 Å². The minimum atomic E-state index is -4.45. The summed E-state index contributed by atoms with van der Waals surface area (Å²) in [7, 11) is 0. The average Bonchev–Trinajstić information content (AvgIpc) is 2.95. The van der Waals surface area contributed by atoms with E-state index in [0.29, 0.717) is 11.3 Å². The predicted octanol–water partition coefficient (Wildman–Crippen LogP) is 3.72. The molecule has 1 unspecified atom stereocenters. The van der Waals surface area contributed by atoms with E-state index < -0.39 is 17.3 Å². The molecule has 1 atom stereocenters. The molecule has 0 aliphatic rings. The summed E-state index contributed by atoms with van der Waals surface area (Å²) in [6.45, 7) is 7.65. The van der Waals surface area contributed by atoms with Crippen LogP contribution >= 0.6 is 12.4 Å². The van der Waals surface area contributed by atoms with Crippen LogP contribution in [0.25, 0.3) is 5.69 Å². The number of hydrogen-bond acceptors (Lipinski definition) is 3. The number of nitrogens with two attached hydrogens (primary N) is 1. The summed E-state index contributed by atoms with van der Waals surface area (Å²) in [5, 5.41) is 6.99. The third kappa shape index (κ3) is 4.81. The number of carbonyl (C=O) groups is 1. The van der Waals surface area contributed by atoms with Crippen molar-refractivity contribution in [1.29, 1.82) is 0 Å². The second-order valence-corrected chi connectivity index (χ2v) is 6.83. The van der Waals surface area contributed by atoms with Gasteiger partial charge in [-0.2, -0.15) is 18.3 Å². The number of alkyl halides is 3. The summed E-state index contributed by atoms with van der Waals surface area (Å²) in [5.74, 6) is -0.252. The molecule has 0 saturated carbocycles. The van der Waals surface area contributed by atoms with E-state index in [9.17, 15) is 18.0 Å². The lowest BCUT2D eigenvalue weighted by Crippen LogP contribution is -2.55. The maximum Gasteiger partial charge on any atom is 0.416 e. The fraction of sp³-hybridized carbons (Fsp3) is 0.444. The van der Waals surface area contributed by atoms with Gasteiger partial charge in [0.1, 0.15) is 0 Å². The molecular formula is C18H24ClF3N4O. The molecule has 1 aromatic heterocycles. The molecule has 0 saturated heterocycles. The zero-order chi connectivity index (χ0) is 19.7. The Morgan fingerprint density at radius 2 is 1.96 bits per heavy atom. The Morgan fingerprint density at radius 3 is 2.48 bits per heavy atom. The molecule has 1 amide bonds. The van der Waals surface area contributed by atoms with Gasteiger partial charge in [-0.3, -0.25) is 4.79 Å². The highest BCUT2D eigenvalue weighted by atomic mass is 35.5. The van der Waals surface area contributed by atoms with Gasteiger partial charge >= 0.3 is 6.18 Å². The van der Waals surface area contributed by atoms with E-state index in [1.54, 1.807) is 6.92 Å². The third-order valence-corrected chi connectivity index (χ3v) is 4.77. The van der Waals surface area contributed by atoms with Crippen LogP contribution in [-0.2, 0) is 6.18 Å². The van der Waals surface area contributed by atoms with Gasteiger partial charge in [0.25, 0.3) is 5.91 Å². The predicted molar refractivity (Wildman–Crippen MR) is 100 cm³/mol. The Hall–Kier alpha value is -2.06. The second kappa shape index (κ2) is 8.31. The van der Waals surface area contributed by atoms with Crippen LogP contribution in [0.2, 0.25) is 0 Å². The SMILES string of the molecule is Cc1c(C(=O)NC(C)(CN)C(C)C)cnn1-c1cccc(C(F)(F)F)c1.Cl. The molecule has 3 N–H and O–H groups in total. The first-order chi connectivity index (χ1) is 12.0. The molecule has 2 rings (SSSR count). The van der Waals surface area contributed by atoms with E-state index in [4.69, 9.17) is 5.73 Å². The number of benzene rings is 1. The smallest absolute Gasteiger partial charge is 0.345 e. The standard InChI is InChI=1S/C18H23F3N4O.ClH/c1-11(2)17(4,10-22)24-16(26)15-9-23-25(12(15)3)14-7-5-6-13(8-14)18(19,20)21;/h5-9,11H,10,22H2,1-4H3,(H,24,26);1H. The van der Waals surface area contributed by atoms with Crippen molar-refractivity contribution in [3.8, 4) is 5.69 Å². The van der Waals surface area contributed by atoms with Gasteiger partial charge in [0.15, 0.2) is 0 Å². The van der Waals surface area contributed by atoms with E-state index in [1.165, 1.54) is 23.0 Å². The number of nitrogens with zero attached hydrogens (tertiary/aromatic N) is 2. The second-order valence-electron chi connectivity index (χ2n) is 6.83. The minimum absolute atomic E-state index is 0. The van der Waals surface area contributed by atoms with Gasteiger partial charge in [-0.1, -0.05) is 19.9 Å². The minimum Gasteiger partial charge on any atom is -0.345 e. The molecular weight excluding hydrogens is 381 g/mol. The van der Waals surface area contributed by atoms with Crippen LogP contribution in [0, 0.1) is 12.8 Å². The van der Waals surface area contributed by atoms with Crippen LogP contribution in [-0.4, -0.2) is 27.8 Å². The molecule has 1 heterocycles. The normalized spacial score (nSPS) is 13.8. The molecule has 0 spiro atoms. The highest BCUT2D eigenvalue weighted by Gasteiger charge is 2.32. The van der Waals surface area contributed by atoms with Gasteiger partial charge in [-0.15, -0.1) is 12.4 Å². The quantitative estimate of drug-likeness (QED) is 0.797. The Labute approximate surface area is 162 Å². The average molecular weight is 405 g/mol. The van der Waals surface area contributed by atoms with E-state index in [0.717, 1.165) is 12.1 Å². The van der Waals surface area contributed by atoms with E-state index >= 15 is 0 Å². The molecule has 0 radical (unpaired) electrons. The molecule has 0 aliphatic heterocycles. The number of rotatable bonds is 5. The summed E-state index contributed by atoms with van der Waals surface area (Å²) in [4.78, 5) is 12.6. The van der Waals surface area contributed by atoms with Crippen LogP contribution in [0.1, 0.15) is 42.4 Å². The molecule has 0 bridgehead atoms. The lowest BCUT2D eigenvalue weighted by atomic mass is 9.88. The molecule has 9 heteroatoms. The highest BCUT2D eigenvalue weighted by Crippen LogP contribution is 2.30. The van der Waals surface area contributed by atoms with Crippen molar-refractivity contribution in [3.63, 3.8) is 0 Å². The van der Waals surface area contributed by atoms with Crippen molar-refractivity contribution in [2.24, 2.45) is 11.7 Å². The lowest BCUT2D eigenvalue weighted by molar-refractivity contribution is -0.137. The van der Waals surface area contributed by atoms with Crippen molar-refractivity contribution >= 4 is 18.3 Å². The summed E-state index contributed by atoms with van der Waals surface area (Å²) in [5.41, 5.74) is 5.40. The molecule has 5 nitrogen and oxygen atoms in total. The van der Waals surface area contributed by atoms with Crippen molar-refractivity contribution in [2.75, 3.05) is 6.54 Å². The van der Waals surface area contributed by atoms with Crippen molar-refractivity contribution < 1.29 is 18.0 Å². The van der Waals surface area contributed by atoms with Crippen LogP contribution in [0.5, 0.6) is 0 Å². The Morgan fingerprint density at radius 1 is 1.33 bits per heavy atom. The number of carbonyl (C=O) groups excluding carboxylic acids is 1. The zero-order valence-electron chi connectivity index (χ0n) is 15.6. The number of halogens is 4. The fourth-order valence-electron chi connectivity index (χ4n) is 2.46. The van der Waals surface area contributed by atoms with Crippen LogP contribution in [0.3, 0.4) is 0 Å².